The number of carbonyl (C=O) groups is 2. The minimum Gasteiger partial charge on any atom is -0.351 e. The highest BCUT2D eigenvalue weighted by Gasteiger charge is 2.52. The largest absolute Gasteiger partial charge is 0.351 e. The summed E-state index contributed by atoms with van der Waals surface area (Å²) in [4.78, 5) is 31.2. The zero-order chi connectivity index (χ0) is 27.7. The van der Waals surface area contributed by atoms with Crippen molar-refractivity contribution in [1.82, 2.24) is 14.8 Å². The number of hydrogen-bond acceptors (Lipinski definition) is 2. The Balaban J connectivity index is 1.52. The summed E-state index contributed by atoms with van der Waals surface area (Å²) in [5.41, 5.74) is 4.58. The molecular formula is C35H39N3O2. The van der Waals surface area contributed by atoms with Gasteiger partial charge in [-0.1, -0.05) is 104 Å². The van der Waals surface area contributed by atoms with Crippen LogP contribution in [0, 0.1) is 13.8 Å². The van der Waals surface area contributed by atoms with Crippen LogP contribution < -0.4 is 5.32 Å². The number of fused-ring (bicyclic) bond motifs is 3. The van der Waals surface area contributed by atoms with Crippen LogP contribution in [-0.2, 0) is 23.4 Å². The predicted octanol–water partition coefficient (Wildman–Crippen LogP) is 7.04. The first kappa shape index (κ1) is 26.4. The number of carbonyl (C=O) groups excluding carboxylic acids is 2. The maximum absolute atomic E-state index is 14.8. The smallest absolute Gasteiger partial charge is 0.272 e. The molecule has 0 unspecified atom stereocenters. The molecule has 0 saturated heterocycles. The Morgan fingerprint density at radius 2 is 1.57 bits per heavy atom. The second-order valence-electron chi connectivity index (χ2n) is 11.8. The molecule has 1 N–H and O–H groups in total. The third kappa shape index (κ3) is 4.83. The Hall–Kier alpha value is -3.86. The molecule has 1 aliphatic carbocycles. The lowest BCUT2D eigenvalue weighted by Gasteiger charge is -2.47. The number of aryl methyl sites for hydroxylation is 2. The number of amides is 2. The van der Waals surface area contributed by atoms with Gasteiger partial charge in [-0.05, 0) is 55.5 Å². The maximum Gasteiger partial charge on any atom is 0.272 e. The highest BCUT2D eigenvalue weighted by atomic mass is 16.2. The fraction of sp³-hybridized carbons (Fsp3) is 0.371. The fourth-order valence-corrected chi connectivity index (χ4v) is 6.73. The van der Waals surface area contributed by atoms with Crippen LogP contribution in [0.4, 0.5) is 0 Å². The molecule has 1 fully saturated rings. The van der Waals surface area contributed by atoms with E-state index >= 15 is 0 Å². The summed E-state index contributed by atoms with van der Waals surface area (Å²) >= 11 is 0. The molecule has 5 nitrogen and oxygen atoms in total. The van der Waals surface area contributed by atoms with Gasteiger partial charge in [-0.3, -0.25) is 9.59 Å². The number of nitrogens with zero attached hydrogens (tertiary/aromatic N) is 2. The van der Waals surface area contributed by atoms with E-state index in [2.05, 4.69) is 60.1 Å². The van der Waals surface area contributed by atoms with E-state index in [1.54, 1.807) is 0 Å². The van der Waals surface area contributed by atoms with Crippen molar-refractivity contribution in [3.05, 3.63) is 107 Å². The summed E-state index contributed by atoms with van der Waals surface area (Å²) in [5, 5.41) is 4.50. The molecule has 40 heavy (non-hydrogen) atoms. The molecule has 1 aromatic heterocycles. The van der Waals surface area contributed by atoms with Crippen LogP contribution in [0.1, 0.15) is 77.7 Å². The van der Waals surface area contributed by atoms with Crippen molar-refractivity contribution in [2.24, 2.45) is 0 Å². The Bertz CT molecular complexity index is 1530. The highest BCUT2D eigenvalue weighted by Crippen LogP contribution is 2.40. The van der Waals surface area contributed by atoms with Gasteiger partial charge < -0.3 is 14.8 Å². The van der Waals surface area contributed by atoms with Crippen molar-refractivity contribution >= 4 is 22.7 Å². The van der Waals surface area contributed by atoms with Gasteiger partial charge in [0.2, 0.25) is 0 Å². The van der Waals surface area contributed by atoms with Gasteiger partial charge in [-0.15, -0.1) is 0 Å². The molecule has 2 amide bonds. The molecule has 1 aliphatic heterocycles. The molecule has 2 aliphatic rings. The molecule has 6 rings (SSSR count). The lowest BCUT2D eigenvalue weighted by atomic mass is 9.83. The Labute approximate surface area is 237 Å². The van der Waals surface area contributed by atoms with E-state index in [0.29, 0.717) is 18.8 Å². The maximum atomic E-state index is 14.8. The van der Waals surface area contributed by atoms with E-state index in [9.17, 15) is 9.59 Å². The van der Waals surface area contributed by atoms with E-state index in [1.165, 1.54) is 19.3 Å². The summed E-state index contributed by atoms with van der Waals surface area (Å²) < 4.78 is 2.09. The Morgan fingerprint density at radius 1 is 0.850 bits per heavy atom. The normalized spacial score (nSPS) is 20.1. The van der Waals surface area contributed by atoms with Crippen molar-refractivity contribution in [2.75, 3.05) is 0 Å². The van der Waals surface area contributed by atoms with Gasteiger partial charge in [0.25, 0.3) is 11.8 Å². The molecule has 1 atom stereocenters. The van der Waals surface area contributed by atoms with Gasteiger partial charge in [-0.25, -0.2) is 0 Å². The molecule has 4 aromatic rings. The lowest BCUT2D eigenvalue weighted by Crippen LogP contribution is -2.64. The van der Waals surface area contributed by atoms with Gasteiger partial charge in [0.1, 0.15) is 5.69 Å². The first-order chi connectivity index (χ1) is 19.5. The minimum absolute atomic E-state index is 0.0783. The summed E-state index contributed by atoms with van der Waals surface area (Å²) in [7, 11) is 0. The number of benzene rings is 3. The van der Waals surface area contributed by atoms with E-state index < -0.39 is 5.54 Å². The Kier molecular flexibility index (Phi) is 7.22. The van der Waals surface area contributed by atoms with Gasteiger partial charge in [-0.2, -0.15) is 0 Å². The second-order valence-corrected chi connectivity index (χ2v) is 11.8. The standard InChI is InChI=1S/C35H39N3O2/c1-25-12-11-13-27(20-25)23-38-33(39)32-22-28-19-18-26(2)21-31(28)37(32)24-35(38,29-14-7-6-8-15-29)34(40)36-30-16-9-4-3-5-10-17-30/h6-8,11-15,18-22,30H,3-5,9-10,16-17,23-24H2,1-2H3,(H,36,40)/t35-/m1/s1. The van der Waals surface area contributed by atoms with Gasteiger partial charge >= 0.3 is 0 Å². The van der Waals surface area contributed by atoms with Crippen molar-refractivity contribution in [1.29, 1.82) is 0 Å². The number of aromatic nitrogens is 1. The molecule has 0 spiro atoms. The number of nitrogens with one attached hydrogen (secondary N) is 1. The zero-order valence-electron chi connectivity index (χ0n) is 23.7. The molecule has 0 bridgehead atoms. The molecule has 206 valence electrons. The summed E-state index contributed by atoms with van der Waals surface area (Å²) in [5.74, 6) is -0.191. The van der Waals surface area contributed by atoms with Crippen LogP contribution in [0.2, 0.25) is 0 Å². The highest BCUT2D eigenvalue weighted by molar-refractivity contribution is 6.04. The van der Waals surface area contributed by atoms with E-state index in [4.69, 9.17) is 0 Å². The van der Waals surface area contributed by atoms with Crippen LogP contribution in [-0.4, -0.2) is 27.3 Å². The number of hydrogen-bond donors (Lipinski definition) is 1. The first-order valence-electron chi connectivity index (χ1n) is 14.8. The van der Waals surface area contributed by atoms with E-state index in [-0.39, 0.29) is 17.9 Å². The van der Waals surface area contributed by atoms with Crippen molar-refractivity contribution in [3.63, 3.8) is 0 Å². The monoisotopic (exact) mass is 533 g/mol. The summed E-state index contributed by atoms with van der Waals surface area (Å²) in [6.45, 7) is 4.86. The molecular weight excluding hydrogens is 494 g/mol. The number of rotatable bonds is 5. The van der Waals surface area contributed by atoms with E-state index in [0.717, 1.165) is 58.8 Å². The average Bonchev–Trinajstić information content (AvgIpc) is 3.29. The van der Waals surface area contributed by atoms with Crippen molar-refractivity contribution in [2.45, 2.75) is 83.5 Å². The van der Waals surface area contributed by atoms with Crippen LogP contribution >= 0.6 is 0 Å². The van der Waals surface area contributed by atoms with Gasteiger partial charge in [0.15, 0.2) is 5.54 Å². The molecule has 3 aromatic carbocycles. The molecule has 5 heteroatoms. The quantitative estimate of drug-likeness (QED) is 0.299. The molecule has 2 heterocycles. The third-order valence-corrected chi connectivity index (χ3v) is 8.86. The fourth-order valence-electron chi connectivity index (χ4n) is 6.73. The van der Waals surface area contributed by atoms with Gasteiger partial charge in [0.05, 0.1) is 6.54 Å². The van der Waals surface area contributed by atoms with Gasteiger partial charge in [0, 0.05) is 23.5 Å². The van der Waals surface area contributed by atoms with Crippen LogP contribution in [0.15, 0.2) is 78.9 Å². The second kappa shape index (κ2) is 11.0. The lowest BCUT2D eigenvalue weighted by molar-refractivity contribution is -0.136. The predicted molar refractivity (Wildman–Crippen MR) is 160 cm³/mol. The van der Waals surface area contributed by atoms with Crippen molar-refractivity contribution in [3.8, 4) is 0 Å². The first-order valence-corrected chi connectivity index (χ1v) is 14.8. The topological polar surface area (TPSA) is 54.3 Å². The van der Waals surface area contributed by atoms with Crippen LogP contribution in [0.3, 0.4) is 0 Å². The molecule has 0 radical (unpaired) electrons. The Morgan fingerprint density at radius 3 is 2.33 bits per heavy atom. The van der Waals surface area contributed by atoms with Crippen LogP contribution in [0.5, 0.6) is 0 Å². The minimum atomic E-state index is -1.19. The van der Waals surface area contributed by atoms with Crippen LogP contribution in [0.25, 0.3) is 10.9 Å². The third-order valence-electron chi connectivity index (χ3n) is 8.86. The van der Waals surface area contributed by atoms with Crippen molar-refractivity contribution < 1.29 is 9.59 Å². The zero-order valence-corrected chi connectivity index (χ0v) is 23.7. The SMILES string of the molecule is Cc1cccc(CN2C(=O)c3cc4ccc(C)cc4n3C[C@]2(C(=O)NC2CCCCCCC2)c2ccccc2)c1. The van der Waals surface area contributed by atoms with E-state index in [1.807, 2.05) is 47.4 Å². The summed E-state index contributed by atoms with van der Waals surface area (Å²) in [6, 6.07) is 26.6. The summed E-state index contributed by atoms with van der Waals surface area (Å²) in [6.07, 6.45) is 7.93. The molecule has 1 saturated carbocycles. The average molecular weight is 534 g/mol.